The fourth-order valence-electron chi connectivity index (χ4n) is 1.88. The lowest BCUT2D eigenvalue weighted by atomic mass is 10.3. The van der Waals surface area contributed by atoms with Crippen LogP contribution >= 0.6 is 23.2 Å². The van der Waals surface area contributed by atoms with E-state index in [4.69, 9.17) is 33.5 Å². The third-order valence-corrected chi connectivity index (χ3v) is 5.61. The largest absolute Gasteiger partial charge is 0.323 e. The van der Waals surface area contributed by atoms with Crippen molar-refractivity contribution < 1.29 is 21.6 Å². The van der Waals surface area contributed by atoms with Crippen LogP contribution < -0.4 is 20.9 Å². The van der Waals surface area contributed by atoms with Gasteiger partial charge >= 0.3 is 6.03 Å². The molecule has 0 aromatic heterocycles. The molecule has 26 heavy (non-hydrogen) atoms. The van der Waals surface area contributed by atoms with Crippen LogP contribution in [0.4, 0.5) is 16.2 Å². The van der Waals surface area contributed by atoms with E-state index < -0.39 is 35.9 Å². The van der Waals surface area contributed by atoms with Gasteiger partial charge in [-0.2, -0.15) is 0 Å². The predicted molar refractivity (Wildman–Crippen MR) is 98.3 cm³/mol. The van der Waals surface area contributed by atoms with Crippen molar-refractivity contribution in [3.05, 3.63) is 46.4 Å². The maximum absolute atomic E-state index is 12.1. The number of hydrogen-bond acceptors (Lipinski definition) is 5. The van der Waals surface area contributed by atoms with Gasteiger partial charge in [0, 0.05) is 5.69 Å². The summed E-state index contributed by atoms with van der Waals surface area (Å²) in [4.78, 5) is 11.0. The van der Waals surface area contributed by atoms with Crippen molar-refractivity contribution in [3.63, 3.8) is 0 Å². The molecule has 0 heterocycles. The number of carbonyl (C=O) groups is 1. The summed E-state index contributed by atoms with van der Waals surface area (Å²) >= 11 is 11.6. The first-order valence-electron chi connectivity index (χ1n) is 6.60. The Bertz CT molecular complexity index is 1090. The van der Waals surface area contributed by atoms with E-state index >= 15 is 0 Å². The average Bonchev–Trinajstić information content (AvgIpc) is 2.49. The van der Waals surface area contributed by atoms with Crippen molar-refractivity contribution in [1.82, 2.24) is 0 Å². The minimum Gasteiger partial charge on any atom is -0.308 e. The Kier molecular flexibility index (Phi) is 5.80. The molecule has 0 fully saturated rings. The van der Waals surface area contributed by atoms with Crippen LogP contribution in [0.25, 0.3) is 0 Å². The molecule has 0 unspecified atom stereocenters. The highest BCUT2D eigenvalue weighted by atomic mass is 35.5. The van der Waals surface area contributed by atoms with Gasteiger partial charge in [-0.1, -0.05) is 23.2 Å². The zero-order valence-electron chi connectivity index (χ0n) is 12.7. The lowest BCUT2D eigenvalue weighted by Gasteiger charge is -2.12. The Labute approximate surface area is 159 Å². The summed E-state index contributed by atoms with van der Waals surface area (Å²) in [6, 6.07) is 6.31. The van der Waals surface area contributed by atoms with Crippen LogP contribution in [0.3, 0.4) is 0 Å². The number of sulfonamides is 2. The van der Waals surface area contributed by atoms with Crippen LogP contribution in [-0.2, 0) is 20.0 Å². The van der Waals surface area contributed by atoms with Gasteiger partial charge in [0.05, 0.1) is 20.6 Å². The van der Waals surface area contributed by atoms with Gasteiger partial charge in [0.1, 0.15) is 4.90 Å². The Balaban J connectivity index is 2.33. The maximum Gasteiger partial charge on any atom is 0.323 e. The van der Waals surface area contributed by atoms with E-state index in [-0.39, 0.29) is 21.4 Å². The third kappa shape index (κ3) is 5.06. The number of benzene rings is 2. The van der Waals surface area contributed by atoms with Crippen molar-refractivity contribution in [3.8, 4) is 0 Å². The van der Waals surface area contributed by atoms with Crippen LogP contribution in [-0.4, -0.2) is 22.9 Å². The molecule has 2 aromatic carbocycles. The molecule has 0 aliphatic rings. The Morgan fingerprint density at radius 2 is 1.50 bits per heavy atom. The highest BCUT2D eigenvalue weighted by molar-refractivity contribution is 7.90. The summed E-state index contributed by atoms with van der Waals surface area (Å²) < 4.78 is 46.1. The molecular formula is C13H12Cl2N4O5S2. The van der Waals surface area contributed by atoms with E-state index in [1.54, 1.807) is 0 Å². The van der Waals surface area contributed by atoms with Gasteiger partial charge < -0.3 is 10.6 Å². The first kappa shape index (κ1) is 20.4. The highest BCUT2D eigenvalue weighted by Gasteiger charge is 2.20. The first-order chi connectivity index (χ1) is 11.9. The number of hydrogen-bond donors (Lipinski definition) is 4. The van der Waals surface area contributed by atoms with Crippen LogP contribution in [0.2, 0.25) is 10.0 Å². The van der Waals surface area contributed by atoms with E-state index in [0.29, 0.717) is 0 Å². The van der Waals surface area contributed by atoms with Crippen molar-refractivity contribution in [1.29, 1.82) is 0 Å². The smallest absolute Gasteiger partial charge is 0.308 e. The summed E-state index contributed by atoms with van der Waals surface area (Å²) in [6.45, 7) is 0. The summed E-state index contributed by atoms with van der Waals surface area (Å²) in [7, 11) is -8.51. The SMILES string of the molecule is NS(=O)(=O)c1ccc(NC(=O)Nc2ccc(Cl)c(Cl)c2)c(S(N)(=O)=O)c1. The molecule has 0 atom stereocenters. The van der Waals surface area contributed by atoms with Crippen LogP contribution in [0.1, 0.15) is 0 Å². The fourth-order valence-corrected chi connectivity index (χ4v) is 3.51. The molecule has 140 valence electrons. The van der Waals surface area contributed by atoms with Crippen molar-refractivity contribution >= 4 is 60.7 Å². The highest BCUT2D eigenvalue weighted by Crippen LogP contribution is 2.26. The second-order valence-corrected chi connectivity index (χ2v) is 8.86. The molecule has 2 rings (SSSR count). The molecule has 0 saturated heterocycles. The normalized spacial score (nSPS) is 11.8. The summed E-state index contributed by atoms with van der Waals surface area (Å²) in [5, 5.41) is 15.2. The van der Waals surface area contributed by atoms with Crippen LogP contribution in [0, 0.1) is 0 Å². The monoisotopic (exact) mass is 438 g/mol. The molecule has 0 saturated carbocycles. The molecule has 0 aliphatic heterocycles. The second kappa shape index (κ2) is 7.39. The quantitative estimate of drug-likeness (QED) is 0.572. The molecule has 2 amide bonds. The number of nitrogens with two attached hydrogens (primary N) is 2. The van der Waals surface area contributed by atoms with E-state index in [1.165, 1.54) is 18.2 Å². The molecule has 9 nitrogen and oxygen atoms in total. The molecule has 0 spiro atoms. The topological polar surface area (TPSA) is 161 Å². The first-order valence-corrected chi connectivity index (χ1v) is 10.5. The zero-order valence-corrected chi connectivity index (χ0v) is 15.9. The number of nitrogens with one attached hydrogen (secondary N) is 2. The minimum absolute atomic E-state index is 0.201. The number of urea groups is 1. The van der Waals surface area contributed by atoms with Gasteiger partial charge in [-0.15, -0.1) is 0 Å². The molecule has 13 heteroatoms. The van der Waals surface area contributed by atoms with Gasteiger partial charge in [0.2, 0.25) is 20.0 Å². The van der Waals surface area contributed by atoms with Crippen LogP contribution in [0.5, 0.6) is 0 Å². The van der Waals surface area contributed by atoms with Gasteiger partial charge in [-0.3, -0.25) is 0 Å². The molecular weight excluding hydrogens is 427 g/mol. The number of rotatable bonds is 4. The van der Waals surface area contributed by atoms with E-state index in [9.17, 15) is 21.6 Å². The Morgan fingerprint density at radius 3 is 2.04 bits per heavy atom. The van der Waals surface area contributed by atoms with Crippen molar-refractivity contribution in [2.45, 2.75) is 9.79 Å². The van der Waals surface area contributed by atoms with E-state index in [2.05, 4.69) is 10.6 Å². The third-order valence-electron chi connectivity index (χ3n) is 3.01. The summed E-state index contributed by atoms with van der Waals surface area (Å²) in [6.07, 6.45) is 0. The number of anilines is 2. The zero-order chi connectivity index (χ0) is 19.7. The van der Waals surface area contributed by atoms with Gasteiger partial charge in [0.25, 0.3) is 0 Å². The molecule has 2 aromatic rings. The maximum atomic E-state index is 12.1. The van der Waals surface area contributed by atoms with Crippen molar-refractivity contribution in [2.24, 2.45) is 10.3 Å². The fraction of sp³-hybridized carbons (Fsp3) is 0. The number of halogens is 2. The molecule has 0 radical (unpaired) electrons. The number of primary sulfonamides is 2. The molecule has 6 N–H and O–H groups in total. The minimum atomic E-state index is -4.35. The predicted octanol–water partition coefficient (Wildman–Crippen LogP) is 1.93. The summed E-state index contributed by atoms with van der Waals surface area (Å²) in [5.74, 6) is 0. The van der Waals surface area contributed by atoms with Crippen molar-refractivity contribution in [2.75, 3.05) is 10.6 Å². The van der Waals surface area contributed by atoms with Gasteiger partial charge in [-0.25, -0.2) is 31.9 Å². The summed E-state index contributed by atoms with van der Waals surface area (Å²) in [5.41, 5.74) is 0.0488. The standard InChI is InChI=1S/C13H12Cl2N4O5S2/c14-9-3-1-7(5-10(9)15)18-13(20)19-11-4-2-8(25(16,21)22)6-12(11)26(17,23)24/h1-6H,(H2,16,21,22)(H2,17,23,24)(H2,18,19,20). The van der Waals surface area contributed by atoms with E-state index in [0.717, 1.165) is 18.2 Å². The second-order valence-electron chi connectivity index (χ2n) is 4.96. The van der Waals surface area contributed by atoms with E-state index in [1.807, 2.05) is 0 Å². The number of carbonyl (C=O) groups excluding carboxylic acids is 1. The lowest BCUT2D eigenvalue weighted by molar-refractivity contribution is 0.262. The van der Waals surface area contributed by atoms with Crippen LogP contribution in [0.15, 0.2) is 46.2 Å². The van der Waals surface area contributed by atoms with Gasteiger partial charge in [-0.05, 0) is 36.4 Å². The van der Waals surface area contributed by atoms with Gasteiger partial charge in [0.15, 0.2) is 0 Å². The Morgan fingerprint density at radius 1 is 0.846 bits per heavy atom. The Hall–Kier alpha value is -1.89. The molecule has 0 bridgehead atoms. The average molecular weight is 439 g/mol. The molecule has 0 aliphatic carbocycles. The number of amides is 2. The lowest BCUT2D eigenvalue weighted by Crippen LogP contribution is -2.23.